The van der Waals surface area contributed by atoms with E-state index in [0.717, 1.165) is 15.7 Å². The molecule has 2 amide bonds. The monoisotopic (exact) mass is 378 g/mol. The highest BCUT2D eigenvalue weighted by molar-refractivity contribution is 9.10. The van der Waals surface area contributed by atoms with Crippen LogP contribution in [0.5, 0.6) is 0 Å². The normalized spacial score (nSPS) is 16.0. The number of nitrogens with zero attached hydrogens (tertiary/aromatic N) is 3. The number of nitrogens with two attached hydrogens (primary N) is 1. The number of pyridine rings is 1. The van der Waals surface area contributed by atoms with Gasteiger partial charge in [0, 0.05) is 29.7 Å². The fourth-order valence-electron chi connectivity index (χ4n) is 3.16. The number of carbonyl (C=O) groups is 2. The lowest BCUT2D eigenvalue weighted by atomic mass is 9.96. The predicted molar refractivity (Wildman–Crippen MR) is 90.2 cm³/mol. The molecule has 1 aliphatic rings. The zero-order valence-corrected chi connectivity index (χ0v) is 14.8. The highest BCUT2D eigenvalue weighted by Gasteiger charge is 2.29. The van der Waals surface area contributed by atoms with E-state index in [1.807, 2.05) is 30.5 Å². The Kier molecular flexibility index (Phi) is 4.14. The van der Waals surface area contributed by atoms with Crippen LogP contribution in [0.4, 0.5) is 0 Å². The molecule has 1 saturated heterocycles. The van der Waals surface area contributed by atoms with Gasteiger partial charge in [0.15, 0.2) is 0 Å². The fraction of sp³-hybridized carbons (Fsp3) is 0.438. The summed E-state index contributed by atoms with van der Waals surface area (Å²) in [7, 11) is 0. The molecule has 3 rings (SSSR count). The highest BCUT2D eigenvalue weighted by Crippen LogP contribution is 2.24. The first-order valence-corrected chi connectivity index (χ1v) is 8.41. The lowest BCUT2D eigenvalue weighted by Crippen LogP contribution is -2.42. The van der Waals surface area contributed by atoms with Crippen molar-refractivity contribution < 1.29 is 9.59 Å². The van der Waals surface area contributed by atoms with Crippen LogP contribution < -0.4 is 5.73 Å². The maximum atomic E-state index is 12.9. The van der Waals surface area contributed by atoms with E-state index in [-0.39, 0.29) is 17.7 Å². The fourth-order valence-corrected chi connectivity index (χ4v) is 3.70. The van der Waals surface area contributed by atoms with E-state index < -0.39 is 0 Å². The van der Waals surface area contributed by atoms with Crippen molar-refractivity contribution in [2.75, 3.05) is 13.1 Å². The van der Waals surface area contributed by atoms with Crippen LogP contribution in [0, 0.1) is 19.8 Å². The summed E-state index contributed by atoms with van der Waals surface area (Å²) in [6.45, 7) is 4.92. The van der Waals surface area contributed by atoms with Gasteiger partial charge in [0.25, 0.3) is 5.91 Å². The standard InChI is InChI=1S/C16H19BrN4O2/c1-9-7-12(17)8-21-13(10(2)19-15(9)21)16(23)20-5-3-11(4-6-20)14(18)22/h7-8,11H,3-6H2,1-2H3,(H2,18,22). The van der Waals surface area contributed by atoms with E-state index in [0.29, 0.717) is 37.3 Å². The van der Waals surface area contributed by atoms with Crippen molar-refractivity contribution in [3.05, 3.63) is 33.7 Å². The summed E-state index contributed by atoms with van der Waals surface area (Å²) < 4.78 is 2.75. The third-order valence-corrected chi connectivity index (χ3v) is 4.87. The van der Waals surface area contributed by atoms with Crippen molar-refractivity contribution in [1.82, 2.24) is 14.3 Å². The van der Waals surface area contributed by atoms with Crippen molar-refractivity contribution in [3.8, 4) is 0 Å². The van der Waals surface area contributed by atoms with Crippen LogP contribution in [-0.4, -0.2) is 39.2 Å². The first-order chi connectivity index (χ1) is 10.9. The van der Waals surface area contributed by atoms with Crippen LogP contribution in [0.15, 0.2) is 16.7 Å². The highest BCUT2D eigenvalue weighted by atomic mass is 79.9. The van der Waals surface area contributed by atoms with Crippen LogP contribution in [0.1, 0.15) is 34.6 Å². The molecule has 3 heterocycles. The molecule has 7 heteroatoms. The Hall–Kier alpha value is -1.89. The summed E-state index contributed by atoms with van der Waals surface area (Å²) in [4.78, 5) is 30.5. The Bertz CT molecular complexity index is 791. The van der Waals surface area contributed by atoms with Crippen LogP contribution >= 0.6 is 15.9 Å². The molecule has 0 unspecified atom stereocenters. The molecule has 1 fully saturated rings. The number of aromatic nitrogens is 2. The molecule has 0 spiro atoms. The smallest absolute Gasteiger partial charge is 0.272 e. The summed E-state index contributed by atoms with van der Waals surface area (Å²) in [6, 6.07) is 1.98. The van der Waals surface area contributed by atoms with Gasteiger partial charge in [-0.2, -0.15) is 0 Å². The van der Waals surface area contributed by atoms with Crippen molar-refractivity contribution >= 4 is 33.4 Å². The van der Waals surface area contributed by atoms with E-state index in [1.54, 1.807) is 4.90 Å². The van der Waals surface area contributed by atoms with Crippen LogP contribution in [0.3, 0.4) is 0 Å². The lowest BCUT2D eigenvalue weighted by molar-refractivity contribution is -0.123. The molecular weight excluding hydrogens is 360 g/mol. The number of amides is 2. The second-order valence-electron chi connectivity index (χ2n) is 6.05. The number of aryl methyl sites for hydroxylation is 2. The molecule has 0 saturated carbocycles. The number of likely N-dealkylation sites (tertiary alicyclic amines) is 1. The van der Waals surface area contributed by atoms with E-state index in [9.17, 15) is 9.59 Å². The first kappa shape index (κ1) is 16.0. The number of rotatable bonds is 2. The van der Waals surface area contributed by atoms with Gasteiger partial charge < -0.3 is 10.6 Å². The van der Waals surface area contributed by atoms with Gasteiger partial charge in [-0.05, 0) is 54.2 Å². The Morgan fingerprint density at radius 3 is 2.57 bits per heavy atom. The van der Waals surface area contributed by atoms with Crippen molar-refractivity contribution in [1.29, 1.82) is 0 Å². The number of hydrogen-bond donors (Lipinski definition) is 1. The average molecular weight is 379 g/mol. The second-order valence-corrected chi connectivity index (χ2v) is 6.97. The summed E-state index contributed by atoms with van der Waals surface area (Å²) in [5, 5.41) is 0. The Balaban J connectivity index is 1.93. The quantitative estimate of drug-likeness (QED) is 0.867. The van der Waals surface area contributed by atoms with Gasteiger partial charge in [-0.25, -0.2) is 4.98 Å². The largest absolute Gasteiger partial charge is 0.369 e. The first-order valence-electron chi connectivity index (χ1n) is 7.62. The van der Waals surface area contributed by atoms with Gasteiger partial charge in [0.1, 0.15) is 11.3 Å². The Labute approximate surface area is 142 Å². The number of hydrogen-bond acceptors (Lipinski definition) is 3. The van der Waals surface area contributed by atoms with Gasteiger partial charge in [0.2, 0.25) is 5.91 Å². The van der Waals surface area contributed by atoms with Gasteiger partial charge in [-0.1, -0.05) is 0 Å². The van der Waals surface area contributed by atoms with E-state index in [4.69, 9.17) is 5.73 Å². The third-order valence-electron chi connectivity index (χ3n) is 4.43. The van der Waals surface area contributed by atoms with Gasteiger partial charge in [-0.3, -0.25) is 14.0 Å². The summed E-state index contributed by atoms with van der Waals surface area (Å²) in [5.41, 5.74) is 8.46. The van der Waals surface area contributed by atoms with Crippen molar-refractivity contribution in [2.24, 2.45) is 11.7 Å². The minimum absolute atomic E-state index is 0.0459. The minimum Gasteiger partial charge on any atom is -0.369 e. The molecule has 0 aliphatic carbocycles. The van der Waals surface area contributed by atoms with Crippen LogP contribution in [0.2, 0.25) is 0 Å². The predicted octanol–water partition coefficient (Wildman–Crippen LogP) is 2.05. The number of primary amides is 1. The lowest BCUT2D eigenvalue weighted by Gasteiger charge is -2.30. The molecule has 2 N–H and O–H groups in total. The molecule has 122 valence electrons. The Morgan fingerprint density at radius 1 is 1.30 bits per heavy atom. The molecular formula is C16H19BrN4O2. The third kappa shape index (κ3) is 2.85. The van der Waals surface area contributed by atoms with Gasteiger partial charge in [0.05, 0.1) is 5.69 Å². The van der Waals surface area contributed by atoms with Crippen LogP contribution in [-0.2, 0) is 4.79 Å². The van der Waals surface area contributed by atoms with Crippen LogP contribution in [0.25, 0.3) is 5.65 Å². The average Bonchev–Trinajstić information content (AvgIpc) is 2.83. The molecule has 0 aromatic carbocycles. The number of imidazole rings is 1. The molecule has 2 aromatic heterocycles. The molecule has 0 radical (unpaired) electrons. The zero-order valence-electron chi connectivity index (χ0n) is 13.2. The molecule has 2 aromatic rings. The molecule has 1 aliphatic heterocycles. The maximum absolute atomic E-state index is 12.9. The number of halogens is 1. The number of piperidine rings is 1. The summed E-state index contributed by atoms with van der Waals surface area (Å²) >= 11 is 3.47. The molecule has 0 atom stereocenters. The van der Waals surface area contributed by atoms with Gasteiger partial charge >= 0.3 is 0 Å². The molecule has 0 bridgehead atoms. The van der Waals surface area contributed by atoms with E-state index >= 15 is 0 Å². The van der Waals surface area contributed by atoms with E-state index in [2.05, 4.69) is 20.9 Å². The second kappa shape index (κ2) is 5.96. The summed E-state index contributed by atoms with van der Waals surface area (Å²) in [5.74, 6) is -0.447. The minimum atomic E-state index is -0.275. The van der Waals surface area contributed by atoms with Gasteiger partial charge in [-0.15, -0.1) is 0 Å². The number of fused-ring (bicyclic) bond motifs is 1. The van der Waals surface area contributed by atoms with Crippen molar-refractivity contribution in [3.63, 3.8) is 0 Å². The maximum Gasteiger partial charge on any atom is 0.272 e. The van der Waals surface area contributed by atoms with Crippen molar-refractivity contribution in [2.45, 2.75) is 26.7 Å². The SMILES string of the molecule is Cc1nc2c(C)cc(Br)cn2c1C(=O)N1CCC(C(N)=O)CC1. The molecule has 23 heavy (non-hydrogen) atoms. The Morgan fingerprint density at radius 2 is 1.96 bits per heavy atom. The number of carbonyl (C=O) groups excluding carboxylic acids is 2. The topological polar surface area (TPSA) is 80.7 Å². The molecule has 6 nitrogen and oxygen atoms in total. The zero-order chi connectivity index (χ0) is 16.7. The summed E-state index contributed by atoms with van der Waals surface area (Å²) in [6.07, 6.45) is 3.12. The van der Waals surface area contributed by atoms with E-state index in [1.165, 1.54) is 0 Å².